The van der Waals surface area contributed by atoms with E-state index in [-0.39, 0.29) is 5.75 Å². The quantitative estimate of drug-likeness (QED) is 0.565. The molecule has 0 atom stereocenters. The molecule has 3 heterocycles. The molecule has 0 amide bonds. The minimum absolute atomic E-state index is 0.200. The van der Waals surface area contributed by atoms with Crippen LogP contribution in [0.2, 0.25) is 0 Å². The monoisotopic (exact) mass is 401 g/mol. The second-order valence-electron chi connectivity index (χ2n) is 7.55. The highest BCUT2D eigenvalue weighted by Gasteiger charge is 2.20. The molecule has 4 aromatic rings. The molecule has 30 heavy (non-hydrogen) atoms. The largest absolute Gasteiger partial charge is 0.508 e. The molecule has 0 aliphatic carbocycles. The summed E-state index contributed by atoms with van der Waals surface area (Å²) < 4.78 is 7.54. The average molecular weight is 401 g/mol. The number of hydrogen-bond donors (Lipinski definition) is 1. The third-order valence-electron chi connectivity index (χ3n) is 5.34. The number of ether oxygens (including phenoxy) is 1. The van der Waals surface area contributed by atoms with Crippen molar-refractivity contribution in [1.82, 2.24) is 19.5 Å². The second kappa shape index (κ2) is 7.76. The standard InChI is InChI=1S/C23H23N5O2/c1-16-5-7-17(8-6-16)14-28-15-24-21-20(18-3-2-4-19(29)13-18)25-23(26-22(21)28)27-9-11-30-12-10-27/h2-8,13,15,29H,9-12,14H2,1H3. The summed E-state index contributed by atoms with van der Waals surface area (Å²) in [4.78, 5) is 16.5. The molecule has 7 heteroatoms. The fourth-order valence-electron chi connectivity index (χ4n) is 3.70. The van der Waals surface area contributed by atoms with E-state index in [1.165, 1.54) is 11.1 Å². The van der Waals surface area contributed by atoms with E-state index in [2.05, 4.69) is 45.6 Å². The number of aromatic hydroxyl groups is 1. The predicted molar refractivity (Wildman–Crippen MR) is 116 cm³/mol. The molecule has 0 spiro atoms. The van der Waals surface area contributed by atoms with E-state index in [9.17, 15) is 5.11 Å². The van der Waals surface area contributed by atoms with Crippen molar-refractivity contribution in [2.24, 2.45) is 0 Å². The number of phenols is 1. The number of nitrogens with zero attached hydrogens (tertiary/aromatic N) is 5. The normalized spacial score (nSPS) is 14.4. The Balaban J connectivity index is 1.64. The summed E-state index contributed by atoms with van der Waals surface area (Å²) in [5.74, 6) is 0.862. The van der Waals surface area contributed by atoms with Crippen molar-refractivity contribution in [3.05, 3.63) is 66.0 Å². The molecule has 152 valence electrons. The zero-order chi connectivity index (χ0) is 20.5. The number of rotatable bonds is 4. The Morgan fingerprint density at radius 1 is 1.03 bits per heavy atom. The van der Waals surface area contributed by atoms with Crippen LogP contribution in [0.3, 0.4) is 0 Å². The molecule has 0 radical (unpaired) electrons. The van der Waals surface area contributed by atoms with Crippen LogP contribution >= 0.6 is 0 Å². The van der Waals surface area contributed by atoms with Crippen LogP contribution in [-0.2, 0) is 11.3 Å². The summed E-state index contributed by atoms with van der Waals surface area (Å²) in [7, 11) is 0. The molecule has 7 nitrogen and oxygen atoms in total. The molecule has 1 saturated heterocycles. The number of phenolic OH excluding ortho intramolecular Hbond substituents is 1. The molecule has 5 rings (SSSR count). The van der Waals surface area contributed by atoms with E-state index in [1.54, 1.807) is 12.1 Å². The third-order valence-corrected chi connectivity index (χ3v) is 5.34. The van der Waals surface area contributed by atoms with Crippen molar-refractivity contribution in [1.29, 1.82) is 0 Å². The first-order valence-electron chi connectivity index (χ1n) is 10.1. The number of hydrogen-bond acceptors (Lipinski definition) is 6. The maximum absolute atomic E-state index is 9.99. The lowest BCUT2D eigenvalue weighted by Gasteiger charge is -2.27. The summed E-state index contributed by atoms with van der Waals surface area (Å²) in [5.41, 5.74) is 5.47. The predicted octanol–water partition coefficient (Wildman–Crippen LogP) is 3.39. The summed E-state index contributed by atoms with van der Waals surface area (Å²) in [6, 6.07) is 15.6. The SMILES string of the molecule is Cc1ccc(Cn2cnc3c(-c4cccc(O)c4)nc(N4CCOCC4)nc32)cc1. The molecular formula is C23H23N5O2. The van der Waals surface area contributed by atoms with Crippen molar-refractivity contribution in [2.45, 2.75) is 13.5 Å². The number of imidazole rings is 1. The van der Waals surface area contributed by atoms with Gasteiger partial charge in [0, 0.05) is 18.7 Å². The van der Waals surface area contributed by atoms with Gasteiger partial charge in [-0.25, -0.2) is 9.97 Å². The van der Waals surface area contributed by atoms with E-state index in [4.69, 9.17) is 14.7 Å². The summed E-state index contributed by atoms with van der Waals surface area (Å²) in [6.07, 6.45) is 1.81. The molecule has 0 bridgehead atoms. The van der Waals surface area contributed by atoms with Crippen molar-refractivity contribution < 1.29 is 9.84 Å². The maximum atomic E-state index is 9.99. The maximum Gasteiger partial charge on any atom is 0.228 e. The van der Waals surface area contributed by atoms with Crippen LogP contribution in [0.4, 0.5) is 5.95 Å². The molecule has 1 N–H and O–H groups in total. The summed E-state index contributed by atoms with van der Waals surface area (Å²) in [6.45, 7) is 5.57. The molecule has 1 fully saturated rings. The Bertz CT molecular complexity index is 1180. The Morgan fingerprint density at radius 2 is 1.83 bits per heavy atom. The first-order valence-corrected chi connectivity index (χ1v) is 10.1. The Labute approximate surface area is 174 Å². The van der Waals surface area contributed by atoms with Gasteiger partial charge in [0.2, 0.25) is 5.95 Å². The van der Waals surface area contributed by atoms with Gasteiger partial charge in [0.15, 0.2) is 5.65 Å². The average Bonchev–Trinajstić information content (AvgIpc) is 3.18. The minimum Gasteiger partial charge on any atom is -0.508 e. The van der Waals surface area contributed by atoms with Gasteiger partial charge in [0.05, 0.1) is 26.1 Å². The van der Waals surface area contributed by atoms with Gasteiger partial charge >= 0.3 is 0 Å². The number of aromatic nitrogens is 4. The van der Waals surface area contributed by atoms with Gasteiger partial charge in [-0.1, -0.05) is 42.0 Å². The smallest absolute Gasteiger partial charge is 0.228 e. The van der Waals surface area contributed by atoms with Crippen molar-refractivity contribution in [2.75, 3.05) is 31.2 Å². The molecule has 0 unspecified atom stereocenters. The van der Waals surface area contributed by atoms with Crippen LogP contribution in [0.25, 0.3) is 22.4 Å². The van der Waals surface area contributed by atoms with Gasteiger partial charge < -0.3 is 19.3 Å². The van der Waals surface area contributed by atoms with Gasteiger partial charge in [-0.05, 0) is 24.6 Å². The number of fused-ring (bicyclic) bond motifs is 1. The first-order chi connectivity index (χ1) is 14.7. The molecular weight excluding hydrogens is 378 g/mol. The minimum atomic E-state index is 0.200. The van der Waals surface area contributed by atoms with Crippen molar-refractivity contribution >= 4 is 17.1 Å². The summed E-state index contributed by atoms with van der Waals surface area (Å²) in [5, 5.41) is 9.99. The van der Waals surface area contributed by atoms with Crippen LogP contribution in [0.5, 0.6) is 5.75 Å². The molecule has 2 aromatic carbocycles. The second-order valence-corrected chi connectivity index (χ2v) is 7.55. The fourth-order valence-corrected chi connectivity index (χ4v) is 3.70. The van der Waals surface area contributed by atoms with Crippen LogP contribution in [0.15, 0.2) is 54.9 Å². The number of aryl methyl sites for hydroxylation is 1. The van der Waals surface area contributed by atoms with Crippen LogP contribution in [-0.4, -0.2) is 50.9 Å². The zero-order valence-corrected chi connectivity index (χ0v) is 16.8. The zero-order valence-electron chi connectivity index (χ0n) is 16.8. The van der Waals surface area contributed by atoms with Gasteiger partial charge in [0.25, 0.3) is 0 Å². The van der Waals surface area contributed by atoms with E-state index in [0.717, 1.165) is 35.5 Å². The highest BCUT2D eigenvalue weighted by atomic mass is 16.5. The lowest BCUT2D eigenvalue weighted by molar-refractivity contribution is 0.122. The van der Waals surface area contributed by atoms with Gasteiger partial charge in [0.1, 0.15) is 17.0 Å². The number of anilines is 1. The lowest BCUT2D eigenvalue weighted by Crippen LogP contribution is -2.37. The Morgan fingerprint density at radius 3 is 2.60 bits per heavy atom. The van der Waals surface area contributed by atoms with E-state index in [1.807, 2.05) is 18.5 Å². The Hall–Kier alpha value is -3.45. The molecule has 2 aromatic heterocycles. The Kier molecular flexibility index (Phi) is 4.80. The van der Waals surface area contributed by atoms with E-state index < -0.39 is 0 Å². The van der Waals surface area contributed by atoms with Crippen LogP contribution in [0.1, 0.15) is 11.1 Å². The van der Waals surface area contributed by atoms with Crippen LogP contribution < -0.4 is 4.90 Å². The molecule has 0 saturated carbocycles. The van der Waals surface area contributed by atoms with Gasteiger partial charge in [-0.15, -0.1) is 0 Å². The number of morpholine rings is 1. The van der Waals surface area contributed by atoms with Gasteiger partial charge in [-0.2, -0.15) is 4.98 Å². The number of benzene rings is 2. The fraction of sp³-hybridized carbons (Fsp3) is 0.261. The molecule has 1 aliphatic rings. The highest BCUT2D eigenvalue weighted by Crippen LogP contribution is 2.30. The highest BCUT2D eigenvalue weighted by molar-refractivity contribution is 5.88. The van der Waals surface area contributed by atoms with E-state index >= 15 is 0 Å². The first kappa shape index (κ1) is 18.6. The van der Waals surface area contributed by atoms with Crippen LogP contribution in [0, 0.1) is 6.92 Å². The van der Waals surface area contributed by atoms with Crippen molar-refractivity contribution in [3.63, 3.8) is 0 Å². The summed E-state index contributed by atoms with van der Waals surface area (Å²) >= 11 is 0. The van der Waals surface area contributed by atoms with Crippen molar-refractivity contribution in [3.8, 4) is 17.0 Å². The lowest BCUT2D eigenvalue weighted by atomic mass is 10.1. The topological polar surface area (TPSA) is 76.3 Å². The third kappa shape index (κ3) is 3.59. The van der Waals surface area contributed by atoms with Gasteiger partial charge in [-0.3, -0.25) is 0 Å². The molecule has 1 aliphatic heterocycles. The van der Waals surface area contributed by atoms with E-state index in [0.29, 0.717) is 25.7 Å².